The standard InChI is InChI=1S/C21H32N4O2/c1-3-16-13-22-20(23-14-16)24-11-4-9-21(15-24)10-12-25(19(21)26)17-5-7-18(27-2)8-6-17/h13-14,17-18H,3-12,15H2,1-2H3/t17?,18?,21-/m0/s1. The first kappa shape index (κ1) is 18.7. The number of hydrogen-bond donors (Lipinski definition) is 0. The summed E-state index contributed by atoms with van der Waals surface area (Å²) in [4.78, 5) is 27.0. The Morgan fingerprint density at radius 1 is 1.15 bits per heavy atom. The molecule has 2 aliphatic heterocycles. The Kier molecular flexibility index (Phi) is 5.35. The molecule has 0 N–H and O–H groups in total. The summed E-state index contributed by atoms with van der Waals surface area (Å²) < 4.78 is 5.49. The molecule has 1 aromatic heterocycles. The molecule has 0 unspecified atom stereocenters. The Morgan fingerprint density at radius 2 is 1.89 bits per heavy atom. The largest absolute Gasteiger partial charge is 0.381 e. The van der Waals surface area contributed by atoms with Crippen LogP contribution < -0.4 is 4.90 Å². The number of aryl methyl sites for hydroxylation is 1. The van der Waals surface area contributed by atoms with Gasteiger partial charge >= 0.3 is 0 Å². The van der Waals surface area contributed by atoms with E-state index >= 15 is 0 Å². The first-order valence-electron chi connectivity index (χ1n) is 10.5. The van der Waals surface area contributed by atoms with Gasteiger partial charge in [0, 0.05) is 45.2 Å². The molecule has 6 heteroatoms. The minimum absolute atomic E-state index is 0.233. The van der Waals surface area contributed by atoms with E-state index in [2.05, 4.69) is 26.7 Å². The lowest BCUT2D eigenvalue weighted by Crippen LogP contribution is -2.50. The molecule has 148 valence electrons. The van der Waals surface area contributed by atoms with E-state index in [0.29, 0.717) is 18.1 Å². The zero-order valence-corrected chi connectivity index (χ0v) is 16.7. The Hall–Kier alpha value is -1.69. The number of amides is 1. The predicted molar refractivity (Wildman–Crippen MR) is 105 cm³/mol. The van der Waals surface area contributed by atoms with Crippen molar-refractivity contribution in [2.24, 2.45) is 5.41 Å². The molecular formula is C21H32N4O2. The Morgan fingerprint density at radius 3 is 2.56 bits per heavy atom. The monoisotopic (exact) mass is 372 g/mol. The lowest BCUT2D eigenvalue weighted by molar-refractivity contribution is -0.139. The van der Waals surface area contributed by atoms with Gasteiger partial charge in [-0.2, -0.15) is 0 Å². The van der Waals surface area contributed by atoms with E-state index < -0.39 is 0 Å². The molecule has 3 aliphatic rings. The molecule has 1 atom stereocenters. The molecule has 4 rings (SSSR count). The van der Waals surface area contributed by atoms with Crippen molar-refractivity contribution in [1.82, 2.24) is 14.9 Å². The molecule has 2 saturated heterocycles. The van der Waals surface area contributed by atoms with Crippen molar-refractivity contribution in [3.05, 3.63) is 18.0 Å². The summed E-state index contributed by atoms with van der Waals surface area (Å²) in [5.74, 6) is 1.15. The molecule has 1 amide bonds. The SMILES string of the molecule is CCc1cnc(N2CCC[C@]3(CCN(C4CCC(OC)CC4)C3=O)C2)nc1. The third-order valence-electron chi connectivity index (χ3n) is 6.92. The van der Waals surface area contributed by atoms with Gasteiger partial charge in [0.15, 0.2) is 0 Å². The quantitative estimate of drug-likeness (QED) is 0.813. The minimum Gasteiger partial charge on any atom is -0.381 e. The number of piperidine rings is 1. The van der Waals surface area contributed by atoms with Gasteiger partial charge in [0.2, 0.25) is 11.9 Å². The number of hydrogen-bond acceptors (Lipinski definition) is 5. The number of anilines is 1. The normalized spacial score (nSPS) is 31.7. The average molecular weight is 373 g/mol. The molecule has 27 heavy (non-hydrogen) atoms. The number of aromatic nitrogens is 2. The summed E-state index contributed by atoms with van der Waals surface area (Å²) in [6.45, 7) is 4.73. The molecular weight excluding hydrogens is 340 g/mol. The molecule has 0 bridgehead atoms. The van der Waals surface area contributed by atoms with Crippen LogP contribution in [-0.2, 0) is 16.0 Å². The second-order valence-electron chi connectivity index (χ2n) is 8.47. The summed E-state index contributed by atoms with van der Waals surface area (Å²) in [5.41, 5.74) is 0.920. The van der Waals surface area contributed by atoms with Crippen molar-refractivity contribution < 1.29 is 9.53 Å². The summed E-state index contributed by atoms with van der Waals surface area (Å²) in [6, 6.07) is 0.402. The van der Waals surface area contributed by atoms with Crippen LogP contribution in [0.3, 0.4) is 0 Å². The minimum atomic E-state index is -0.233. The lowest BCUT2D eigenvalue weighted by Gasteiger charge is -2.40. The van der Waals surface area contributed by atoms with Gasteiger partial charge in [0.25, 0.3) is 0 Å². The van der Waals surface area contributed by atoms with Crippen LogP contribution in [0.4, 0.5) is 5.95 Å². The molecule has 3 fully saturated rings. The maximum atomic E-state index is 13.4. The van der Waals surface area contributed by atoms with Gasteiger partial charge in [-0.1, -0.05) is 6.92 Å². The molecule has 0 radical (unpaired) electrons. The molecule has 1 spiro atoms. The van der Waals surface area contributed by atoms with Crippen LogP contribution >= 0.6 is 0 Å². The highest BCUT2D eigenvalue weighted by atomic mass is 16.5. The molecule has 3 heterocycles. The van der Waals surface area contributed by atoms with Gasteiger partial charge in [-0.05, 0) is 56.9 Å². The van der Waals surface area contributed by atoms with E-state index in [-0.39, 0.29) is 5.41 Å². The van der Waals surface area contributed by atoms with Gasteiger partial charge < -0.3 is 14.5 Å². The first-order valence-corrected chi connectivity index (χ1v) is 10.5. The third-order valence-corrected chi connectivity index (χ3v) is 6.92. The Bertz CT molecular complexity index is 657. The molecule has 1 saturated carbocycles. The van der Waals surface area contributed by atoms with E-state index in [4.69, 9.17) is 4.74 Å². The van der Waals surface area contributed by atoms with Crippen LogP contribution in [0.1, 0.15) is 57.4 Å². The summed E-state index contributed by atoms with van der Waals surface area (Å²) in [7, 11) is 1.80. The number of nitrogens with zero attached hydrogens (tertiary/aromatic N) is 4. The molecule has 0 aromatic carbocycles. The highest BCUT2D eigenvalue weighted by Crippen LogP contribution is 2.43. The van der Waals surface area contributed by atoms with E-state index in [9.17, 15) is 4.79 Å². The number of ether oxygens (including phenoxy) is 1. The van der Waals surface area contributed by atoms with Crippen LogP contribution in [0.15, 0.2) is 12.4 Å². The van der Waals surface area contributed by atoms with E-state index in [1.165, 1.54) is 0 Å². The van der Waals surface area contributed by atoms with Gasteiger partial charge in [-0.25, -0.2) is 9.97 Å². The molecule has 6 nitrogen and oxygen atoms in total. The van der Waals surface area contributed by atoms with Crippen molar-refractivity contribution in [1.29, 1.82) is 0 Å². The highest BCUT2D eigenvalue weighted by Gasteiger charge is 2.51. The van der Waals surface area contributed by atoms with E-state index in [1.807, 2.05) is 12.4 Å². The van der Waals surface area contributed by atoms with Crippen LogP contribution in [0.2, 0.25) is 0 Å². The smallest absolute Gasteiger partial charge is 0.230 e. The zero-order valence-electron chi connectivity index (χ0n) is 16.7. The average Bonchev–Trinajstić information content (AvgIpc) is 3.04. The van der Waals surface area contributed by atoms with Crippen molar-refractivity contribution in [2.75, 3.05) is 31.6 Å². The van der Waals surface area contributed by atoms with Crippen molar-refractivity contribution in [3.63, 3.8) is 0 Å². The van der Waals surface area contributed by atoms with E-state index in [1.54, 1.807) is 7.11 Å². The lowest BCUT2D eigenvalue weighted by atomic mass is 9.78. The fraction of sp³-hybridized carbons (Fsp3) is 0.762. The topological polar surface area (TPSA) is 58.6 Å². The molecule has 1 aliphatic carbocycles. The van der Waals surface area contributed by atoms with Crippen LogP contribution in [0.5, 0.6) is 0 Å². The van der Waals surface area contributed by atoms with E-state index in [0.717, 1.165) is 82.5 Å². The highest BCUT2D eigenvalue weighted by molar-refractivity contribution is 5.86. The van der Waals surface area contributed by atoms with Crippen molar-refractivity contribution in [3.8, 4) is 0 Å². The number of carbonyl (C=O) groups excluding carboxylic acids is 1. The summed E-state index contributed by atoms with van der Waals surface area (Å²) in [6.07, 6.45) is 12.5. The van der Waals surface area contributed by atoms with Gasteiger partial charge in [0.05, 0.1) is 11.5 Å². The second-order valence-corrected chi connectivity index (χ2v) is 8.47. The maximum absolute atomic E-state index is 13.4. The fourth-order valence-electron chi connectivity index (χ4n) is 5.16. The molecule has 1 aromatic rings. The Balaban J connectivity index is 1.44. The summed E-state index contributed by atoms with van der Waals surface area (Å²) >= 11 is 0. The number of rotatable bonds is 4. The third kappa shape index (κ3) is 3.56. The Labute approximate surface area is 162 Å². The number of methoxy groups -OCH3 is 1. The number of likely N-dealkylation sites (tertiary alicyclic amines) is 1. The van der Waals surface area contributed by atoms with Crippen LogP contribution in [0.25, 0.3) is 0 Å². The van der Waals surface area contributed by atoms with Crippen molar-refractivity contribution in [2.45, 2.75) is 70.4 Å². The van der Waals surface area contributed by atoms with Gasteiger partial charge in [-0.3, -0.25) is 4.79 Å². The van der Waals surface area contributed by atoms with Crippen LogP contribution in [-0.4, -0.2) is 59.7 Å². The van der Waals surface area contributed by atoms with Gasteiger partial charge in [-0.15, -0.1) is 0 Å². The first-order chi connectivity index (χ1) is 13.1. The van der Waals surface area contributed by atoms with Crippen LogP contribution in [0, 0.1) is 5.41 Å². The second kappa shape index (κ2) is 7.74. The fourth-order valence-corrected chi connectivity index (χ4v) is 5.16. The van der Waals surface area contributed by atoms with Gasteiger partial charge in [0.1, 0.15) is 0 Å². The van der Waals surface area contributed by atoms with Crippen molar-refractivity contribution >= 4 is 11.9 Å². The maximum Gasteiger partial charge on any atom is 0.230 e. The summed E-state index contributed by atoms with van der Waals surface area (Å²) in [5, 5.41) is 0. The zero-order chi connectivity index (χ0) is 18.9. The predicted octanol–water partition coefficient (Wildman–Crippen LogP) is 2.82. The number of carbonyl (C=O) groups is 1.